The molecule has 0 saturated carbocycles. The zero-order chi connectivity index (χ0) is 11.0. The van der Waals surface area contributed by atoms with Gasteiger partial charge >= 0.3 is 0 Å². The predicted octanol–water partition coefficient (Wildman–Crippen LogP) is 0.497. The Morgan fingerprint density at radius 3 is 2.36 bits per heavy atom. The van der Waals surface area contributed by atoms with Gasteiger partial charge < -0.3 is 4.57 Å². The van der Waals surface area contributed by atoms with Crippen LogP contribution < -0.4 is 4.72 Å². The predicted molar refractivity (Wildman–Crippen MR) is 53.3 cm³/mol. The van der Waals surface area contributed by atoms with Crippen LogP contribution in [0.3, 0.4) is 0 Å². The van der Waals surface area contributed by atoms with Crippen LogP contribution in [0.5, 0.6) is 0 Å². The molecular formula is C8H15N3O2S. The molecule has 0 amide bonds. The first-order valence-corrected chi connectivity index (χ1v) is 5.71. The molecule has 1 heterocycles. The summed E-state index contributed by atoms with van der Waals surface area (Å²) < 4.78 is 27.5. The Labute approximate surface area is 84.2 Å². The number of rotatable bonds is 2. The van der Waals surface area contributed by atoms with Gasteiger partial charge in [0.1, 0.15) is 0 Å². The van der Waals surface area contributed by atoms with Gasteiger partial charge in [0.15, 0.2) is 5.03 Å². The van der Waals surface area contributed by atoms with Gasteiger partial charge in [0.05, 0.1) is 6.33 Å². The lowest BCUT2D eigenvalue weighted by Gasteiger charge is -2.19. The van der Waals surface area contributed by atoms with E-state index >= 15 is 0 Å². The summed E-state index contributed by atoms with van der Waals surface area (Å²) in [4.78, 5) is 3.78. The van der Waals surface area contributed by atoms with Crippen molar-refractivity contribution in [2.45, 2.75) is 31.3 Å². The molecule has 0 aliphatic rings. The molecule has 0 aliphatic carbocycles. The summed E-state index contributed by atoms with van der Waals surface area (Å²) in [6.07, 6.45) is 2.92. The Morgan fingerprint density at radius 1 is 1.43 bits per heavy atom. The molecule has 14 heavy (non-hydrogen) atoms. The summed E-state index contributed by atoms with van der Waals surface area (Å²) in [5.41, 5.74) is -0.490. The average molecular weight is 217 g/mol. The van der Waals surface area contributed by atoms with Gasteiger partial charge in [0, 0.05) is 18.8 Å². The SMILES string of the molecule is Cn1cnc(S(=O)(=O)NC(C)(C)C)c1. The first-order chi connectivity index (χ1) is 6.21. The largest absolute Gasteiger partial charge is 0.339 e. The molecule has 1 aromatic rings. The molecule has 0 unspecified atom stereocenters. The molecule has 0 atom stereocenters. The number of hydrogen-bond donors (Lipinski definition) is 1. The monoisotopic (exact) mass is 217 g/mol. The number of imidazole rings is 1. The summed E-state index contributed by atoms with van der Waals surface area (Å²) >= 11 is 0. The van der Waals surface area contributed by atoms with Crippen molar-refractivity contribution in [3.63, 3.8) is 0 Å². The minimum atomic E-state index is -3.48. The maximum absolute atomic E-state index is 11.7. The van der Waals surface area contributed by atoms with Crippen LogP contribution in [0.15, 0.2) is 17.6 Å². The van der Waals surface area contributed by atoms with E-state index in [2.05, 4.69) is 9.71 Å². The highest BCUT2D eigenvalue weighted by Crippen LogP contribution is 2.09. The van der Waals surface area contributed by atoms with Gasteiger partial charge in [-0.25, -0.2) is 18.1 Å². The fourth-order valence-corrected chi connectivity index (χ4v) is 2.38. The summed E-state index contributed by atoms with van der Waals surface area (Å²) in [7, 11) is -1.75. The normalized spacial score (nSPS) is 13.1. The quantitative estimate of drug-likeness (QED) is 0.784. The van der Waals surface area contributed by atoms with E-state index in [1.54, 1.807) is 32.4 Å². The molecule has 1 N–H and O–H groups in total. The topological polar surface area (TPSA) is 64.0 Å². The fourth-order valence-electron chi connectivity index (χ4n) is 0.983. The van der Waals surface area contributed by atoms with Gasteiger partial charge in [-0.3, -0.25) is 0 Å². The lowest BCUT2D eigenvalue weighted by molar-refractivity contribution is 0.490. The van der Waals surface area contributed by atoms with Crippen LogP contribution in [-0.4, -0.2) is 23.5 Å². The third kappa shape index (κ3) is 2.81. The molecule has 0 radical (unpaired) electrons. The van der Waals surface area contributed by atoms with Crippen molar-refractivity contribution in [1.29, 1.82) is 0 Å². The van der Waals surface area contributed by atoms with Crippen molar-refractivity contribution >= 4 is 10.0 Å². The second-order valence-electron chi connectivity index (χ2n) is 4.23. The van der Waals surface area contributed by atoms with Gasteiger partial charge in [-0.2, -0.15) is 0 Å². The number of nitrogens with one attached hydrogen (secondary N) is 1. The zero-order valence-corrected chi connectivity index (χ0v) is 9.59. The van der Waals surface area contributed by atoms with Crippen molar-refractivity contribution in [1.82, 2.24) is 14.3 Å². The number of hydrogen-bond acceptors (Lipinski definition) is 3. The molecule has 0 fully saturated rings. The molecule has 0 aliphatic heterocycles. The van der Waals surface area contributed by atoms with E-state index in [9.17, 15) is 8.42 Å². The summed E-state index contributed by atoms with van der Waals surface area (Å²) in [5, 5.41) is 0.0509. The first kappa shape index (κ1) is 11.2. The third-order valence-corrected chi connectivity index (χ3v) is 3.04. The maximum atomic E-state index is 11.7. The van der Waals surface area contributed by atoms with Crippen LogP contribution in [0, 0.1) is 0 Å². The van der Waals surface area contributed by atoms with Crippen molar-refractivity contribution in [3.05, 3.63) is 12.5 Å². The summed E-state index contributed by atoms with van der Waals surface area (Å²) in [6.45, 7) is 5.36. The summed E-state index contributed by atoms with van der Waals surface area (Å²) in [6, 6.07) is 0. The van der Waals surface area contributed by atoms with Gasteiger partial charge in [-0.1, -0.05) is 0 Å². The second kappa shape index (κ2) is 3.36. The second-order valence-corrected chi connectivity index (χ2v) is 5.86. The van der Waals surface area contributed by atoms with E-state index in [0.29, 0.717) is 0 Å². The van der Waals surface area contributed by atoms with Gasteiger partial charge in [0.25, 0.3) is 10.0 Å². The molecule has 0 spiro atoms. The molecular weight excluding hydrogens is 202 g/mol. The third-order valence-electron chi connectivity index (χ3n) is 1.40. The number of aryl methyl sites for hydroxylation is 1. The molecule has 0 aromatic carbocycles. The minimum absolute atomic E-state index is 0.0509. The van der Waals surface area contributed by atoms with Crippen molar-refractivity contribution in [2.24, 2.45) is 7.05 Å². The molecule has 1 aromatic heterocycles. The molecule has 5 nitrogen and oxygen atoms in total. The van der Waals surface area contributed by atoms with Crippen LogP contribution in [0.2, 0.25) is 0 Å². The average Bonchev–Trinajstić information content (AvgIpc) is 2.29. The van der Waals surface area contributed by atoms with Crippen LogP contribution in [-0.2, 0) is 17.1 Å². The standard InChI is InChI=1S/C8H15N3O2S/c1-8(2,3)10-14(12,13)7-5-11(4)6-9-7/h5-6,10H,1-4H3. The molecule has 0 bridgehead atoms. The van der Waals surface area contributed by atoms with E-state index < -0.39 is 15.6 Å². The van der Waals surface area contributed by atoms with Gasteiger partial charge in [-0.15, -0.1) is 0 Å². The van der Waals surface area contributed by atoms with Gasteiger partial charge in [-0.05, 0) is 20.8 Å². The van der Waals surface area contributed by atoms with Crippen LogP contribution >= 0.6 is 0 Å². The first-order valence-electron chi connectivity index (χ1n) is 4.23. The molecule has 1 rings (SSSR count). The van der Waals surface area contributed by atoms with Crippen LogP contribution in [0.4, 0.5) is 0 Å². The Morgan fingerprint density at radius 2 is 2.00 bits per heavy atom. The summed E-state index contributed by atoms with van der Waals surface area (Å²) in [5.74, 6) is 0. The number of sulfonamides is 1. The lowest BCUT2D eigenvalue weighted by Crippen LogP contribution is -2.40. The zero-order valence-electron chi connectivity index (χ0n) is 8.77. The highest BCUT2D eigenvalue weighted by Gasteiger charge is 2.23. The van der Waals surface area contributed by atoms with Crippen molar-refractivity contribution in [3.8, 4) is 0 Å². The minimum Gasteiger partial charge on any atom is -0.339 e. The molecule has 0 saturated heterocycles. The van der Waals surface area contributed by atoms with E-state index in [4.69, 9.17) is 0 Å². The van der Waals surface area contributed by atoms with E-state index in [0.717, 1.165) is 0 Å². The Hall–Kier alpha value is -0.880. The number of aromatic nitrogens is 2. The Kier molecular flexibility index (Phi) is 2.69. The van der Waals surface area contributed by atoms with Crippen molar-refractivity contribution < 1.29 is 8.42 Å². The van der Waals surface area contributed by atoms with E-state index in [-0.39, 0.29) is 5.03 Å². The van der Waals surface area contributed by atoms with Crippen molar-refractivity contribution in [2.75, 3.05) is 0 Å². The smallest absolute Gasteiger partial charge is 0.260 e. The Bertz CT molecular complexity index is 414. The molecule has 6 heteroatoms. The van der Waals surface area contributed by atoms with E-state index in [1.807, 2.05) is 0 Å². The Balaban J connectivity index is 2.98. The van der Waals surface area contributed by atoms with E-state index in [1.165, 1.54) is 12.5 Å². The number of nitrogens with zero attached hydrogens (tertiary/aromatic N) is 2. The highest BCUT2D eigenvalue weighted by molar-refractivity contribution is 7.89. The molecule has 80 valence electrons. The van der Waals surface area contributed by atoms with Crippen LogP contribution in [0.1, 0.15) is 20.8 Å². The van der Waals surface area contributed by atoms with Crippen LogP contribution in [0.25, 0.3) is 0 Å². The van der Waals surface area contributed by atoms with Gasteiger partial charge in [0.2, 0.25) is 0 Å². The maximum Gasteiger partial charge on any atom is 0.260 e. The highest BCUT2D eigenvalue weighted by atomic mass is 32.2. The lowest BCUT2D eigenvalue weighted by atomic mass is 10.1. The fraction of sp³-hybridized carbons (Fsp3) is 0.625.